The van der Waals surface area contributed by atoms with Crippen molar-refractivity contribution in [2.45, 2.75) is 108 Å². The van der Waals surface area contributed by atoms with Gasteiger partial charge in [-0.3, -0.25) is 9.59 Å². The quantitative estimate of drug-likeness (QED) is 0.0801. The van der Waals surface area contributed by atoms with Crippen molar-refractivity contribution >= 4 is 46.1 Å². The Morgan fingerprint density at radius 2 is 1.24 bits per heavy atom. The lowest BCUT2D eigenvalue weighted by atomic mass is 9.83. The molecule has 0 radical (unpaired) electrons. The van der Waals surface area contributed by atoms with E-state index in [4.69, 9.17) is 24.2 Å². The number of hydrogen-bond acceptors (Lipinski definition) is 9. The van der Waals surface area contributed by atoms with Crippen LogP contribution in [0.25, 0.3) is 44.3 Å². The molecule has 6 aliphatic rings. The molecule has 16 nitrogen and oxygen atoms in total. The van der Waals surface area contributed by atoms with Gasteiger partial charge in [0.2, 0.25) is 11.8 Å². The lowest BCUT2D eigenvalue weighted by molar-refractivity contribution is -0.138. The van der Waals surface area contributed by atoms with Gasteiger partial charge in [-0.05, 0) is 133 Å². The van der Waals surface area contributed by atoms with Gasteiger partial charge >= 0.3 is 12.2 Å². The van der Waals surface area contributed by atoms with Crippen LogP contribution in [-0.2, 0) is 43.1 Å². The normalized spacial score (nSPS) is 19.9. The molecule has 5 N–H and O–H groups in total. The molecule has 356 valence electrons. The third kappa shape index (κ3) is 9.14. The average molecular weight is 925 g/mol. The molecular formula is C52H60N8O8. The molecule has 68 heavy (non-hydrogen) atoms. The number of H-pyrrole nitrogens is 2. The number of methoxy groups -OCH3 is 3. The fraction of sp³-hybridized carbons (Fsp3) is 0.423. The second-order valence-corrected chi connectivity index (χ2v) is 18.5. The molecular weight excluding hydrogens is 865 g/mol. The van der Waals surface area contributed by atoms with Gasteiger partial charge in [0.25, 0.3) is 0 Å². The Hall–Kier alpha value is -6.78. The minimum atomic E-state index is -1.28. The highest BCUT2D eigenvalue weighted by atomic mass is 16.5. The standard InChI is InChI=1S/C52H60N8O8/c1-28-23-32-12-15-33(37(25-32)34-16-19-39-41(26-34)55-48(53-39)44-10-8-22-60(44)50(62)46(30(3)67-5)58-52(65)68-6)14-11-31-13-18-36(28)38(24-31)35-17-20-40-42(27-35)56-47(54-40)43-9-7-21-59(43)49(61)45(29(2)66-4)57-51(63)64/h12-13,15-20,24-30,43-46,57H,7-11,14,21-23H2,1-6H3,(H,53,55)(H,54,56)(H,58,65)(H,63,64)/t28-,29-,30-,43+,44+,45+,46+/m1/s1. The number of aromatic nitrogens is 4. The van der Waals surface area contributed by atoms with E-state index in [1.54, 1.807) is 23.6 Å². The molecule has 0 saturated carbocycles. The Balaban J connectivity index is 0.959. The maximum atomic E-state index is 13.9. The van der Waals surface area contributed by atoms with E-state index in [1.165, 1.54) is 54.7 Å². The summed E-state index contributed by atoms with van der Waals surface area (Å²) in [6.45, 7) is 6.76. The van der Waals surface area contributed by atoms with E-state index in [0.29, 0.717) is 31.2 Å². The van der Waals surface area contributed by atoms with E-state index >= 15 is 0 Å². The molecule has 4 aliphatic carbocycles. The zero-order valence-corrected chi connectivity index (χ0v) is 39.4. The predicted molar refractivity (Wildman–Crippen MR) is 257 cm³/mol. The number of fused-ring (bicyclic) bond motifs is 2. The van der Waals surface area contributed by atoms with Gasteiger partial charge in [-0.15, -0.1) is 0 Å². The first-order chi connectivity index (χ1) is 32.8. The van der Waals surface area contributed by atoms with Gasteiger partial charge in [-0.1, -0.05) is 55.5 Å². The molecule has 12 rings (SSSR count). The predicted octanol–water partition coefficient (Wildman–Crippen LogP) is 7.98. The van der Waals surface area contributed by atoms with E-state index in [1.807, 2.05) is 12.1 Å². The highest BCUT2D eigenvalue weighted by molar-refractivity contribution is 5.89. The van der Waals surface area contributed by atoms with Crippen molar-refractivity contribution in [3.05, 3.63) is 107 Å². The summed E-state index contributed by atoms with van der Waals surface area (Å²) in [5.41, 5.74) is 12.9. The molecule has 2 saturated heterocycles. The number of carbonyl (C=O) groups is 4. The summed E-state index contributed by atoms with van der Waals surface area (Å²) in [4.78, 5) is 72.0. The van der Waals surface area contributed by atoms with Gasteiger partial charge in [0.15, 0.2) is 0 Å². The van der Waals surface area contributed by atoms with Crippen LogP contribution in [0.4, 0.5) is 9.59 Å². The van der Waals surface area contributed by atoms with Gasteiger partial charge in [0.05, 0.1) is 53.5 Å². The van der Waals surface area contributed by atoms with Crippen LogP contribution in [0.1, 0.15) is 98.4 Å². The smallest absolute Gasteiger partial charge is 0.407 e. The number of hydrogen-bond donors (Lipinski definition) is 5. The van der Waals surface area contributed by atoms with Gasteiger partial charge < -0.3 is 49.7 Å². The van der Waals surface area contributed by atoms with E-state index in [2.05, 4.69) is 88.2 Å². The van der Waals surface area contributed by atoms with Crippen LogP contribution in [0.2, 0.25) is 0 Å². The lowest BCUT2D eigenvalue weighted by Crippen LogP contribution is -2.54. The number of alkyl carbamates (subject to hydrolysis) is 1. The van der Waals surface area contributed by atoms with E-state index < -0.39 is 36.5 Å². The number of amides is 4. The first-order valence-electron chi connectivity index (χ1n) is 23.6. The second-order valence-electron chi connectivity index (χ2n) is 18.5. The fourth-order valence-corrected chi connectivity index (χ4v) is 10.5. The van der Waals surface area contributed by atoms with Crippen LogP contribution < -0.4 is 10.6 Å². The van der Waals surface area contributed by atoms with Gasteiger partial charge in [-0.25, -0.2) is 19.6 Å². The minimum Gasteiger partial charge on any atom is -0.465 e. The van der Waals surface area contributed by atoms with Crippen LogP contribution in [0.5, 0.6) is 0 Å². The number of carboxylic acid groups (broad SMARTS) is 1. The zero-order chi connectivity index (χ0) is 47.8. The number of nitrogens with one attached hydrogen (secondary N) is 4. The molecule has 2 aromatic heterocycles. The molecule has 0 unspecified atom stereocenters. The molecule has 4 bridgehead atoms. The Morgan fingerprint density at radius 3 is 1.79 bits per heavy atom. The van der Waals surface area contributed by atoms with Crippen LogP contribution in [-0.4, -0.2) is 118 Å². The summed E-state index contributed by atoms with van der Waals surface area (Å²) in [7, 11) is 4.24. The number of nitrogens with zero attached hydrogens (tertiary/aromatic N) is 4. The number of likely N-dealkylation sites (tertiary alicyclic amines) is 2. The SMILES string of the molecule is COC(=O)N[C@H](C(=O)N1CCC[C@H]1c1nc2ccc(-c3cc4ccc3CCc3ccc(c(-c5ccc6nc([C@@H]7CCCN7C(=O)[C@@H](NC(=O)O)[C@@H](C)OC)[nH]c6c5)c3)[C@H](C)C4)cc2[nH]1)[C@@H](C)OC. The van der Waals surface area contributed by atoms with Crippen LogP contribution in [0, 0.1) is 0 Å². The van der Waals surface area contributed by atoms with E-state index in [-0.39, 0.29) is 29.8 Å². The number of benzene rings is 4. The van der Waals surface area contributed by atoms with E-state index in [9.17, 15) is 24.3 Å². The topological polar surface area (TPSA) is 204 Å². The molecule has 2 fully saturated rings. The fourth-order valence-electron chi connectivity index (χ4n) is 10.5. The summed E-state index contributed by atoms with van der Waals surface area (Å²) in [6.07, 6.45) is 2.36. The maximum Gasteiger partial charge on any atom is 0.407 e. The monoisotopic (exact) mass is 924 g/mol. The highest BCUT2D eigenvalue weighted by Gasteiger charge is 2.40. The summed E-state index contributed by atoms with van der Waals surface area (Å²) in [5.74, 6) is 1.02. The Labute approximate surface area is 395 Å². The number of imidazole rings is 2. The third-order valence-electron chi connectivity index (χ3n) is 14.3. The Bertz CT molecular complexity index is 2870. The number of rotatable bonds is 12. The first-order valence-corrected chi connectivity index (χ1v) is 23.6. The van der Waals surface area contributed by atoms with E-state index in [0.717, 1.165) is 71.7 Å². The number of carbonyl (C=O) groups excluding carboxylic acids is 3. The summed E-state index contributed by atoms with van der Waals surface area (Å²) < 4.78 is 15.7. The average Bonchev–Trinajstić information content (AvgIpc) is 4.18. The van der Waals surface area contributed by atoms with Crippen molar-refractivity contribution in [2.75, 3.05) is 34.4 Å². The lowest BCUT2D eigenvalue weighted by Gasteiger charge is -2.30. The summed E-state index contributed by atoms with van der Waals surface area (Å²) >= 11 is 0. The van der Waals surface area contributed by atoms with Gasteiger partial charge in [-0.2, -0.15) is 0 Å². The Kier molecular flexibility index (Phi) is 13.2. The van der Waals surface area contributed by atoms with Crippen LogP contribution >= 0.6 is 0 Å². The molecule has 4 amide bonds. The number of aromatic amines is 2. The molecule has 2 aliphatic heterocycles. The second kappa shape index (κ2) is 19.4. The summed E-state index contributed by atoms with van der Waals surface area (Å²) in [5, 5.41) is 14.5. The molecule has 7 atom stereocenters. The van der Waals surface area contributed by atoms with Crippen LogP contribution in [0.3, 0.4) is 0 Å². The first kappa shape index (κ1) is 46.3. The largest absolute Gasteiger partial charge is 0.465 e. The van der Waals surface area contributed by atoms with Crippen molar-refractivity contribution in [1.82, 2.24) is 40.4 Å². The summed E-state index contributed by atoms with van der Waals surface area (Å²) in [6, 6.07) is 23.9. The van der Waals surface area contributed by atoms with Crippen molar-refractivity contribution < 1.29 is 38.5 Å². The van der Waals surface area contributed by atoms with Gasteiger partial charge in [0.1, 0.15) is 23.7 Å². The van der Waals surface area contributed by atoms with Gasteiger partial charge in [0, 0.05) is 27.3 Å². The van der Waals surface area contributed by atoms with Crippen molar-refractivity contribution in [3.8, 4) is 22.3 Å². The van der Waals surface area contributed by atoms with Crippen molar-refractivity contribution in [1.29, 1.82) is 0 Å². The molecule has 6 aromatic rings. The maximum absolute atomic E-state index is 13.9. The van der Waals surface area contributed by atoms with Crippen LogP contribution in [0.15, 0.2) is 72.8 Å². The third-order valence-corrected chi connectivity index (χ3v) is 14.3. The molecule has 4 aromatic carbocycles. The van der Waals surface area contributed by atoms with Crippen molar-refractivity contribution in [2.24, 2.45) is 0 Å². The Morgan fingerprint density at radius 1 is 0.691 bits per heavy atom. The minimum absolute atomic E-state index is 0.189. The van der Waals surface area contributed by atoms with Crippen molar-refractivity contribution in [3.63, 3.8) is 0 Å². The molecule has 4 heterocycles. The number of aryl methyl sites for hydroxylation is 2. The zero-order valence-electron chi connectivity index (χ0n) is 39.4. The molecule has 0 spiro atoms. The number of ether oxygens (including phenoxy) is 3. The highest BCUT2D eigenvalue weighted by Crippen LogP contribution is 2.39. The molecule has 16 heteroatoms.